The summed E-state index contributed by atoms with van der Waals surface area (Å²) >= 11 is 0. The highest BCUT2D eigenvalue weighted by Gasteiger charge is 2.11. The zero-order chi connectivity index (χ0) is 7.23. The lowest BCUT2D eigenvalue weighted by molar-refractivity contribution is 0.357. The molecule has 0 aromatic carbocycles. The Bertz CT molecular complexity index is 125. The molecular formula is C8H15ClN2. The summed E-state index contributed by atoms with van der Waals surface area (Å²) in [7, 11) is 0. The topological polar surface area (TPSA) is 35.8 Å². The summed E-state index contributed by atoms with van der Waals surface area (Å²) in [6, 6.07) is 2.19. The molecule has 0 aliphatic carbocycles. The standard InChI is InChI=1S/C8H14N2.ClH/c9-5-1-2-8-3-6-10-7-4-8;/h8,10H,1-4,6-7H2;1H. The van der Waals surface area contributed by atoms with Crippen molar-refractivity contribution in [2.45, 2.75) is 25.7 Å². The zero-order valence-corrected chi connectivity index (χ0v) is 7.49. The molecule has 2 nitrogen and oxygen atoms in total. The van der Waals surface area contributed by atoms with Crippen molar-refractivity contribution in [1.82, 2.24) is 5.32 Å². The van der Waals surface area contributed by atoms with Gasteiger partial charge in [0.05, 0.1) is 6.07 Å². The third kappa shape index (κ3) is 4.23. The molecule has 0 spiro atoms. The maximum Gasteiger partial charge on any atom is 0.0621 e. The molecule has 1 N–H and O–H groups in total. The Balaban J connectivity index is 0.000001000. The van der Waals surface area contributed by atoms with Gasteiger partial charge in [0, 0.05) is 6.42 Å². The molecule has 1 aliphatic heterocycles. The second-order valence-electron chi connectivity index (χ2n) is 2.89. The minimum Gasteiger partial charge on any atom is -0.317 e. The summed E-state index contributed by atoms with van der Waals surface area (Å²) < 4.78 is 0. The summed E-state index contributed by atoms with van der Waals surface area (Å²) in [5.74, 6) is 0.820. The van der Waals surface area contributed by atoms with Gasteiger partial charge in [0.2, 0.25) is 0 Å². The first-order valence-electron chi connectivity index (χ1n) is 4.01. The fourth-order valence-corrected chi connectivity index (χ4v) is 1.44. The van der Waals surface area contributed by atoms with Crippen molar-refractivity contribution in [1.29, 1.82) is 5.26 Å². The number of nitrogens with one attached hydrogen (secondary N) is 1. The fourth-order valence-electron chi connectivity index (χ4n) is 1.44. The average Bonchev–Trinajstić information content (AvgIpc) is 2.03. The lowest BCUT2D eigenvalue weighted by Crippen LogP contribution is -2.27. The Morgan fingerprint density at radius 1 is 1.36 bits per heavy atom. The van der Waals surface area contributed by atoms with E-state index in [-0.39, 0.29) is 12.4 Å². The number of piperidine rings is 1. The first-order valence-corrected chi connectivity index (χ1v) is 4.01. The molecule has 11 heavy (non-hydrogen) atoms. The molecule has 3 heteroatoms. The molecule has 0 unspecified atom stereocenters. The van der Waals surface area contributed by atoms with Crippen LogP contribution in [0.4, 0.5) is 0 Å². The van der Waals surface area contributed by atoms with E-state index in [2.05, 4.69) is 11.4 Å². The molecule has 1 saturated heterocycles. The predicted molar refractivity (Wildman–Crippen MR) is 47.7 cm³/mol. The highest BCUT2D eigenvalue weighted by Crippen LogP contribution is 2.16. The van der Waals surface area contributed by atoms with Gasteiger partial charge in [-0.1, -0.05) is 0 Å². The summed E-state index contributed by atoms with van der Waals surface area (Å²) in [6.45, 7) is 2.30. The van der Waals surface area contributed by atoms with E-state index in [1.165, 1.54) is 12.8 Å². The number of hydrogen-bond acceptors (Lipinski definition) is 2. The number of halogens is 1. The molecule has 1 heterocycles. The van der Waals surface area contributed by atoms with E-state index in [9.17, 15) is 0 Å². The zero-order valence-electron chi connectivity index (χ0n) is 6.68. The van der Waals surface area contributed by atoms with Gasteiger partial charge >= 0.3 is 0 Å². The van der Waals surface area contributed by atoms with Gasteiger partial charge in [-0.05, 0) is 38.3 Å². The van der Waals surface area contributed by atoms with Gasteiger partial charge in [-0.15, -0.1) is 12.4 Å². The van der Waals surface area contributed by atoms with Gasteiger partial charge < -0.3 is 5.32 Å². The van der Waals surface area contributed by atoms with Crippen molar-refractivity contribution < 1.29 is 0 Å². The molecular weight excluding hydrogens is 160 g/mol. The van der Waals surface area contributed by atoms with Gasteiger partial charge in [0.1, 0.15) is 0 Å². The van der Waals surface area contributed by atoms with Crippen molar-refractivity contribution in [3.8, 4) is 6.07 Å². The van der Waals surface area contributed by atoms with Crippen LogP contribution in [0.25, 0.3) is 0 Å². The molecule has 0 bridgehead atoms. The second kappa shape index (κ2) is 6.45. The largest absolute Gasteiger partial charge is 0.317 e. The number of rotatable bonds is 2. The number of nitrogens with zero attached hydrogens (tertiary/aromatic N) is 1. The monoisotopic (exact) mass is 174 g/mol. The van der Waals surface area contributed by atoms with Crippen LogP contribution in [-0.2, 0) is 0 Å². The molecule has 0 radical (unpaired) electrons. The predicted octanol–water partition coefficient (Wildman–Crippen LogP) is 1.71. The van der Waals surface area contributed by atoms with E-state index in [0.29, 0.717) is 0 Å². The van der Waals surface area contributed by atoms with Gasteiger partial charge in [-0.25, -0.2) is 0 Å². The maximum absolute atomic E-state index is 8.33. The third-order valence-corrected chi connectivity index (χ3v) is 2.12. The average molecular weight is 175 g/mol. The van der Waals surface area contributed by atoms with Gasteiger partial charge in [-0.3, -0.25) is 0 Å². The summed E-state index contributed by atoms with van der Waals surface area (Å²) in [4.78, 5) is 0. The minimum atomic E-state index is 0. The van der Waals surface area contributed by atoms with E-state index in [1.54, 1.807) is 0 Å². The van der Waals surface area contributed by atoms with Crippen LogP contribution in [0.15, 0.2) is 0 Å². The van der Waals surface area contributed by atoms with Crippen LogP contribution in [0, 0.1) is 17.2 Å². The lowest BCUT2D eigenvalue weighted by Gasteiger charge is -2.21. The van der Waals surface area contributed by atoms with Gasteiger partial charge in [-0.2, -0.15) is 5.26 Å². The molecule has 0 amide bonds. The van der Waals surface area contributed by atoms with Crippen molar-refractivity contribution >= 4 is 12.4 Å². The highest BCUT2D eigenvalue weighted by molar-refractivity contribution is 5.85. The molecule has 1 fully saturated rings. The quantitative estimate of drug-likeness (QED) is 0.692. The van der Waals surface area contributed by atoms with Crippen molar-refractivity contribution in [3.63, 3.8) is 0 Å². The minimum absolute atomic E-state index is 0. The molecule has 0 atom stereocenters. The van der Waals surface area contributed by atoms with E-state index in [1.807, 2.05) is 0 Å². The van der Waals surface area contributed by atoms with Crippen molar-refractivity contribution in [2.75, 3.05) is 13.1 Å². The van der Waals surface area contributed by atoms with Gasteiger partial charge in [0.15, 0.2) is 0 Å². The molecule has 64 valence electrons. The highest BCUT2D eigenvalue weighted by atomic mass is 35.5. The number of hydrogen-bond donors (Lipinski definition) is 1. The van der Waals surface area contributed by atoms with Crippen LogP contribution in [0.1, 0.15) is 25.7 Å². The first-order chi connectivity index (χ1) is 4.93. The van der Waals surface area contributed by atoms with Gasteiger partial charge in [0.25, 0.3) is 0 Å². The summed E-state index contributed by atoms with van der Waals surface area (Å²) in [6.07, 6.45) is 4.38. The van der Waals surface area contributed by atoms with Crippen LogP contribution >= 0.6 is 12.4 Å². The van der Waals surface area contributed by atoms with Crippen LogP contribution < -0.4 is 5.32 Å². The summed E-state index contributed by atoms with van der Waals surface area (Å²) in [5, 5.41) is 11.6. The number of nitriles is 1. The summed E-state index contributed by atoms with van der Waals surface area (Å²) in [5.41, 5.74) is 0. The molecule has 1 rings (SSSR count). The van der Waals surface area contributed by atoms with E-state index >= 15 is 0 Å². The molecule has 0 aromatic rings. The molecule has 0 aromatic heterocycles. The third-order valence-electron chi connectivity index (χ3n) is 2.12. The van der Waals surface area contributed by atoms with Crippen LogP contribution in [0.3, 0.4) is 0 Å². The normalized spacial score (nSPS) is 18.5. The van der Waals surface area contributed by atoms with E-state index in [0.717, 1.165) is 31.8 Å². The van der Waals surface area contributed by atoms with Crippen molar-refractivity contribution in [3.05, 3.63) is 0 Å². The molecule has 1 aliphatic rings. The Morgan fingerprint density at radius 2 is 2.00 bits per heavy atom. The Kier molecular flexibility index (Phi) is 6.30. The lowest BCUT2D eigenvalue weighted by atomic mass is 9.94. The Labute approximate surface area is 74.4 Å². The Hall–Kier alpha value is -0.260. The molecule has 0 saturated carbocycles. The van der Waals surface area contributed by atoms with Crippen LogP contribution in [0.2, 0.25) is 0 Å². The fraction of sp³-hybridized carbons (Fsp3) is 0.875. The first kappa shape index (κ1) is 10.7. The SMILES string of the molecule is Cl.N#CCCC1CCNCC1. The van der Waals surface area contributed by atoms with Crippen LogP contribution in [0.5, 0.6) is 0 Å². The van der Waals surface area contributed by atoms with Crippen molar-refractivity contribution in [2.24, 2.45) is 5.92 Å². The van der Waals surface area contributed by atoms with E-state index in [4.69, 9.17) is 5.26 Å². The smallest absolute Gasteiger partial charge is 0.0621 e. The Morgan fingerprint density at radius 3 is 2.55 bits per heavy atom. The second-order valence-corrected chi connectivity index (χ2v) is 2.89. The maximum atomic E-state index is 8.33. The van der Waals surface area contributed by atoms with E-state index < -0.39 is 0 Å². The van der Waals surface area contributed by atoms with Crippen LogP contribution in [-0.4, -0.2) is 13.1 Å².